The lowest BCUT2D eigenvalue weighted by Gasteiger charge is -2.40. The van der Waals surface area contributed by atoms with Gasteiger partial charge >= 0.3 is 6.03 Å². The highest BCUT2D eigenvalue weighted by atomic mass is 16.5. The van der Waals surface area contributed by atoms with E-state index in [1.165, 1.54) is 5.69 Å². The molecule has 4 aliphatic rings. The lowest BCUT2D eigenvalue weighted by molar-refractivity contribution is 0.0926. The number of aromatic nitrogens is 6. The smallest absolute Gasteiger partial charge is 0.323 e. The average molecular weight is 865 g/mol. The quantitative estimate of drug-likeness (QED) is 0.111. The Morgan fingerprint density at radius 1 is 0.906 bits per heavy atom. The summed E-state index contributed by atoms with van der Waals surface area (Å²) in [6, 6.07) is 18.3. The number of pyridine rings is 1. The van der Waals surface area contributed by atoms with Crippen molar-refractivity contribution in [2.75, 3.05) is 67.1 Å². The number of nitrogens with one attached hydrogen (secondary N) is 3. The van der Waals surface area contributed by atoms with Crippen molar-refractivity contribution >= 4 is 40.0 Å². The van der Waals surface area contributed by atoms with Crippen LogP contribution in [0.25, 0.3) is 33.7 Å². The van der Waals surface area contributed by atoms with Crippen LogP contribution in [0, 0.1) is 19.8 Å². The van der Waals surface area contributed by atoms with Crippen molar-refractivity contribution in [2.24, 2.45) is 5.92 Å². The van der Waals surface area contributed by atoms with Crippen molar-refractivity contribution in [3.05, 3.63) is 95.5 Å². The van der Waals surface area contributed by atoms with Gasteiger partial charge in [0, 0.05) is 86.5 Å². The maximum atomic E-state index is 13.0. The van der Waals surface area contributed by atoms with Gasteiger partial charge in [0.2, 0.25) is 5.89 Å². The van der Waals surface area contributed by atoms with Gasteiger partial charge < -0.3 is 35.0 Å². The van der Waals surface area contributed by atoms with Crippen LogP contribution in [0.3, 0.4) is 0 Å². The minimum Gasteiger partial charge on any atom is -0.374 e. The molecule has 64 heavy (non-hydrogen) atoms. The number of aromatic amines is 1. The minimum atomic E-state index is -0.770. The molecule has 10 rings (SSSR count). The van der Waals surface area contributed by atoms with Crippen LogP contribution in [-0.2, 0) is 5.41 Å². The molecule has 332 valence electrons. The molecule has 3 amide bonds. The van der Waals surface area contributed by atoms with E-state index in [-0.39, 0.29) is 29.2 Å². The van der Waals surface area contributed by atoms with Crippen LogP contribution >= 0.6 is 0 Å². The third kappa shape index (κ3) is 8.39. The predicted molar refractivity (Wildman–Crippen MR) is 245 cm³/mol. The van der Waals surface area contributed by atoms with Crippen molar-refractivity contribution in [1.82, 2.24) is 45.6 Å². The molecule has 6 aromatic rings. The maximum absolute atomic E-state index is 13.0. The Balaban J connectivity index is 0.717. The molecule has 4 aromatic heterocycles. The molecule has 3 aliphatic heterocycles. The standard InChI is InChI=1S/C48H56N12O4/c1-29-23-33(5-8-36(29)31(3)52-45(62)44-55-46(64-56-44)48(4)14-15-48)42-37-25-39(53-43(37)51-28-50-42)38-9-6-35(26-49-38)59-21-19-57(20-22-59)27-32-11-16-58(17-12-32)34-7-10-40(30(2)24-34)60-18-13-41(61)54-47(60)63/h5-10,23-26,28,31-32,41,61H,11-22,27H2,1-4H3,(H,52,62)(H,54,63)(H,50,51,53)/t31-,41?/m1/s1. The second-order valence-corrected chi connectivity index (χ2v) is 18.4. The van der Waals surface area contributed by atoms with Crippen molar-refractivity contribution in [1.29, 1.82) is 0 Å². The fourth-order valence-corrected chi connectivity index (χ4v) is 9.59. The zero-order valence-corrected chi connectivity index (χ0v) is 37.0. The number of piperidine rings is 1. The third-order valence-electron chi connectivity index (χ3n) is 13.8. The van der Waals surface area contributed by atoms with E-state index in [2.05, 4.69) is 95.7 Å². The van der Waals surface area contributed by atoms with Crippen molar-refractivity contribution in [2.45, 2.75) is 77.5 Å². The van der Waals surface area contributed by atoms with Gasteiger partial charge in [0.15, 0.2) is 0 Å². The number of H-pyrrole nitrogens is 1. The van der Waals surface area contributed by atoms with Gasteiger partial charge in [0.25, 0.3) is 11.7 Å². The highest BCUT2D eigenvalue weighted by molar-refractivity contribution is 5.95. The van der Waals surface area contributed by atoms with Gasteiger partial charge in [0.05, 0.1) is 35.0 Å². The number of anilines is 3. The molecule has 3 saturated heterocycles. The van der Waals surface area contributed by atoms with Gasteiger partial charge in [-0.25, -0.2) is 14.8 Å². The first-order valence-corrected chi connectivity index (χ1v) is 22.6. The summed E-state index contributed by atoms with van der Waals surface area (Å²) in [4.78, 5) is 56.7. The second kappa shape index (κ2) is 17.0. The number of fused-ring (bicyclic) bond motifs is 1. The summed E-state index contributed by atoms with van der Waals surface area (Å²) in [6.07, 6.45) is 7.62. The van der Waals surface area contributed by atoms with E-state index in [4.69, 9.17) is 14.5 Å². The molecule has 2 atom stereocenters. The van der Waals surface area contributed by atoms with E-state index in [1.54, 1.807) is 11.2 Å². The topological polar surface area (TPSA) is 185 Å². The molecule has 1 saturated carbocycles. The van der Waals surface area contributed by atoms with E-state index in [9.17, 15) is 14.7 Å². The number of rotatable bonds is 11. The number of urea groups is 1. The van der Waals surface area contributed by atoms with Gasteiger partial charge in [-0.2, -0.15) is 4.98 Å². The number of aryl methyl sites for hydroxylation is 2. The fourth-order valence-electron chi connectivity index (χ4n) is 9.59. The Morgan fingerprint density at radius 3 is 2.41 bits per heavy atom. The van der Waals surface area contributed by atoms with Crippen LogP contribution in [0.2, 0.25) is 0 Å². The number of nitrogens with zero attached hydrogens (tertiary/aromatic N) is 9. The van der Waals surface area contributed by atoms with Crippen LogP contribution in [0.1, 0.15) is 85.2 Å². The maximum Gasteiger partial charge on any atom is 0.323 e. The van der Waals surface area contributed by atoms with Crippen LogP contribution < -0.4 is 25.3 Å². The zero-order chi connectivity index (χ0) is 44.1. The van der Waals surface area contributed by atoms with Crippen molar-refractivity contribution < 1.29 is 19.2 Å². The zero-order valence-electron chi connectivity index (χ0n) is 37.0. The summed E-state index contributed by atoms with van der Waals surface area (Å²) in [5.41, 5.74) is 10.5. The molecule has 0 spiro atoms. The first-order valence-electron chi connectivity index (χ1n) is 22.6. The molecule has 16 heteroatoms. The lowest BCUT2D eigenvalue weighted by atomic mass is 9.95. The van der Waals surface area contributed by atoms with Gasteiger partial charge in [0.1, 0.15) is 18.2 Å². The highest BCUT2D eigenvalue weighted by Crippen LogP contribution is 2.46. The van der Waals surface area contributed by atoms with Crippen molar-refractivity contribution in [3.8, 4) is 22.6 Å². The number of carbonyl (C=O) groups is 2. The molecule has 1 unspecified atom stereocenters. The van der Waals surface area contributed by atoms with Crippen LogP contribution in [0.5, 0.6) is 0 Å². The second-order valence-electron chi connectivity index (χ2n) is 18.4. The number of piperazine rings is 1. The predicted octanol–water partition coefficient (Wildman–Crippen LogP) is 6.51. The summed E-state index contributed by atoms with van der Waals surface area (Å²) in [5, 5.41) is 20.3. The number of amides is 3. The van der Waals surface area contributed by atoms with E-state index < -0.39 is 6.23 Å². The minimum absolute atomic E-state index is 0.0601. The van der Waals surface area contributed by atoms with Crippen LogP contribution in [0.15, 0.2) is 71.6 Å². The number of aliphatic hydroxyl groups excluding tert-OH is 1. The molecule has 7 heterocycles. The number of hydrogen-bond donors (Lipinski definition) is 4. The molecule has 16 nitrogen and oxygen atoms in total. The molecule has 4 fully saturated rings. The van der Waals surface area contributed by atoms with Gasteiger partial charge in [-0.1, -0.05) is 24.2 Å². The molecule has 4 N–H and O–H groups in total. The SMILES string of the molecule is Cc1cc(-c2ncnc3[nH]c(-c4ccc(N5CCN(CC6CCN(c7ccc(N8CCC(O)NC8=O)c(C)c7)CC6)CC5)cn4)cc23)ccc1[C@@H](C)NC(=O)c1noc(C2(C)CC2)n1. The molecule has 2 aromatic carbocycles. The Labute approximate surface area is 372 Å². The van der Waals surface area contributed by atoms with E-state index in [0.29, 0.717) is 24.8 Å². The molecule has 0 bridgehead atoms. The summed E-state index contributed by atoms with van der Waals surface area (Å²) in [7, 11) is 0. The number of hydrogen-bond acceptors (Lipinski definition) is 12. The average Bonchev–Trinajstić information content (AvgIpc) is 3.63. The van der Waals surface area contributed by atoms with E-state index in [0.717, 1.165) is 133 Å². The summed E-state index contributed by atoms with van der Waals surface area (Å²) >= 11 is 0. The Bertz CT molecular complexity index is 2680. The Hall–Kier alpha value is -6.39. The molecule has 0 radical (unpaired) electrons. The Morgan fingerprint density at radius 2 is 1.69 bits per heavy atom. The Kier molecular flexibility index (Phi) is 11.0. The molecular formula is C48H56N12O4. The normalized spacial score (nSPS) is 19.8. The largest absolute Gasteiger partial charge is 0.374 e. The van der Waals surface area contributed by atoms with Gasteiger partial charge in [-0.3, -0.25) is 19.6 Å². The number of carbonyl (C=O) groups excluding carboxylic acids is 2. The molecular weight excluding hydrogens is 809 g/mol. The lowest BCUT2D eigenvalue weighted by Crippen LogP contribution is -2.52. The van der Waals surface area contributed by atoms with Crippen molar-refractivity contribution in [3.63, 3.8) is 0 Å². The van der Waals surface area contributed by atoms with E-state index in [1.807, 2.05) is 38.2 Å². The summed E-state index contributed by atoms with van der Waals surface area (Å²) in [6.45, 7) is 15.8. The fraction of sp³-hybridized carbons (Fsp3) is 0.438. The van der Waals surface area contributed by atoms with E-state index >= 15 is 0 Å². The van der Waals surface area contributed by atoms with Crippen LogP contribution in [-0.4, -0.2) is 111 Å². The van der Waals surface area contributed by atoms with Gasteiger partial charge in [-0.15, -0.1) is 0 Å². The molecule has 1 aliphatic carbocycles. The van der Waals surface area contributed by atoms with Crippen LogP contribution in [0.4, 0.5) is 21.9 Å². The monoisotopic (exact) mass is 864 g/mol. The highest BCUT2D eigenvalue weighted by Gasteiger charge is 2.45. The first-order chi connectivity index (χ1) is 31.0. The summed E-state index contributed by atoms with van der Waals surface area (Å²) in [5.74, 6) is 0.904. The van der Waals surface area contributed by atoms with Gasteiger partial charge in [-0.05, 0) is 112 Å². The third-order valence-corrected chi connectivity index (χ3v) is 13.8. The number of benzene rings is 2. The number of aliphatic hydroxyl groups is 1. The summed E-state index contributed by atoms with van der Waals surface area (Å²) < 4.78 is 5.38. The first kappa shape index (κ1) is 41.6.